The average Bonchev–Trinajstić information content (AvgIpc) is 2.62. The lowest BCUT2D eigenvalue weighted by Gasteiger charge is -2.22. The van der Waals surface area contributed by atoms with Crippen LogP contribution in [0, 0.1) is 13.8 Å². The maximum absolute atomic E-state index is 12.3. The Morgan fingerprint density at radius 1 is 1.04 bits per heavy atom. The molecule has 0 aliphatic rings. The SMILES string of the molecule is CCN(CC)c1ccc(NCC(=O)Nc2cc(C)ccc2OC)c(C)c1. The highest BCUT2D eigenvalue weighted by molar-refractivity contribution is 5.95. The van der Waals surface area contributed by atoms with Gasteiger partial charge in [-0.3, -0.25) is 4.79 Å². The highest BCUT2D eigenvalue weighted by Gasteiger charge is 2.09. The summed E-state index contributed by atoms with van der Waals surface area (Å²) in [4.78, 5) is 14.6. The Bertz CT molecular complexity index is 755. The summed E-state index contributed by atoms with van der Waals surface area (Å²) >= 11 is 0. The number of ether oxygens (including phenoxy) is 1. The number of benzene rings is 2. The largest absolute Gasteiger partial charge is 0.495 e. The van der Waals surface area contributed by atoms with Crippen molar-refractivity contribution in [2.75, 3.05) is 42.3 Å². The Kier molecular flexibility index (Phi) is 6.89. The second-order valence-corrected chi connectivity index (χ2v) is 6.28. The van der Waals surface area contributed by atoms with E-state index >= 15 is 0 Å². The zero-order valence-electron chi connectivity index (χ0n) is 16.3. The van der Waals surface area contributed by atoms with Gasteiger partial charge in [-0.1, -0.05) is 6.07 Å². The monoisotopic (exact) mass is 355 g/mol. The molecule has 0 fully saturated rings. The van der Waals surface area contributed by atoms with E-state index in [-0.39, 0.29) is 12.5 Å². The third-order valence-corrected chi connectivity index (χ3v) is 4.41. The summed E-state index contributed by atoms with van der Waals surface area (Å²) in [6.07, 6.45) is 0. The predicted molar refractivity (Wildman–Crippen MR) is 110 cm³/mol. The minimum absolute atomic E-state index is 0.110. The van der Waals surface area contributed by atoms with Gasteiger partial charge >= 0.3 is 0 Å². The standard InChI is InChI=1S/C21H29N3O2/c1-6-24(7-2)17-9-10-18(16(4)13-17)22-14-21(25)23-19-12-15(3)8-11-20(19)26-5/h8-13,22H,6-7,14H2,1-5H3,(H,23,25). The summed E-state index contributed by atoms with van der Waals surface area (Å²) in [5, 5.41) is 6.12. The van der Waals surface area contributed by atoms with Crippen LogP contribution in [0.2, 0.25) is 0 Å². The molecule has 0 atom stereocenters. The Hall–Kier alpha value is -2.69. The van der Waals surface area contributed by atoms with E-state index in [1.807, 2.05) is 31.2 Å². The Labute approximate surface area is 156 Å². The van der Waals surface area contributed by atoms with Crippen LogP contribution < -0.4 is 20.3 Å². The highest BCUT2D eigenvalue weighted by Crippen LogP contribution is 2.25. The molecule has 2 aromatic rings. The molecule has 2 N–H and O–H groups in total. The van der Waals surface area contributed by atoms with Gasteiger partial charge in [0.05, 0.1) is 19.3 Å². The molecule has 0 aromatic heterocycles. The Morgan fingerprint density at radius 2 is 1.77 bits per heavy atom. The smallest absolute Gasteiger partial charge is 0.243 e. The van der Waals surface area contributed by atoms with Crippen LogP contribution in [0.5, 0.6) is 5.75 Å². The molecular weight excluding hydrogens is 326 g/mol. The van der Waals surface area contributed by atoms with Gasteiger partial charge in [0.1, 0.15) is 5.75 Å². The van der Waals surface area contributed by atoms with Gasteiger partial charge in [-0.15, -0.1) is 0 Å². The van der Waals surface area contributed by atoms with Crippen molar-refractivity contribution in [1.29, 1.82) is 0 Å². The Balaban J connectivity index is 2.00. The lowest BCUT2D eigenvalue weighted by molar-refractivity contribution is -0.114. The van der Waals surface area contributed by atoms with Gasteiger partial charge in [0.2, 0.25) is 5.91 Å². The van der Waals surface area contributed by atoms with E-state index in [0.29, 0.717) is 11.4 Å². The summed E-state index contributed by atoms with van der Waals surface area (Å²) in [6.45, 7) is 10.5. The first-order valence-electron chi connectivity index (χ1n) is 9.02. The van der Waals surface area contributed by atoms with Gasteiger partial charge < -0.3 is 20.3 Å². The predicted octanol–water partition coefficient (Wildman–Crippen LogP) is 4.21. The molecule has 0 unspecified atom stereocenters. The van der Waals surface area contributed by atoms with Crippen LogP contribution in [0.1, 0.15) is 25.0 Å². The van der Waals surface area contributed by atoms with Crippen LogP contribution in [-0.4, -0.2) is 32.7 Å². The molecule has 0 bridgehead atoms. The molecule has 26 heavy (non-hydrogen) atoms. The molecule has 0 radical (unpaired) electrons. The molecule has 0 saturated carbocycles. The first-order chi connectivity index (χ1) is 12.5. The molecule has 5 nitrogen and oxygen atoms in total. The lowest BCUT2D eigenvalue weighted by Crippen LogP contribution is -2.23. The zero-order chi connectivity index (χ0) is 19.1. The van der Waals surface area contributed by atoms with E-state index in [1.54, 1.807) is 7.11 Å². The van der Waals surface area contributed by atoms with E-state index in [1.165, 1.54) is 5.69 Å². The summed E-state index contributed by atoms with van der Waals surface area (Å²) in [5.41, 5.74) is 5.04. The fourth-order valence-corrected chi connectivity index (χ4v) is 2.92. The van der Waals surface area contributed by atoms with Gasteiger partial charge in [0.15, 0.2) is 0 Å². The van der Waals surface area contributed by atoms with E-state index in [4.69, 9.17) is 4.74 Å². The normalized spacial score (nSPS) is 10.3. The van der Waals surface area contributed by atoms with Crippen LogP contribution in [0.15, 0.2) is 36.4 Å². The Morgan fingerprint density at radius 3 is 2.38 bits per heavy atom. The van der Waals surface area contributed by atoms with Crippen LogP contribution in [-0.2, 0) is 4.79 Å². The summed E-state index contributed by atoms with van der Waals surface area (Å²) in [5.74, 6) is 0.546. The fraction of sp³-hybridized carbons (Fsp3) is 0.381. The van der Waals surface area contributed by atoms with Crippen molar-refractivity contribution in [3.8, 4) is 5.75 Å². The number of nitrogens with one attached hydrogen (secondary N) is 2. The van der Waals surface area contributed by atoms with Gasteiger partial charge in [-0.25, -0.2) is 0 Å². The third-order valence-electron chi connectivity index (χ3n) is 4.41. The van der Waals surface area contributed by atoms with Crippen LogP contribution in [0.3, 0.4) is 0 Å². The highest BCUT2D eigenvalue weighted by atomic mass is 16.5. The van der Waals surface area contributed by atoms with Crippen molar-refractivity contribution in [1.82, 2.24) is 0 Å². The average molecular weight is 355 g/mol. The molecule has 1 amide bonds. The number of methoxy groups -OCH3 is 1. The van der Waals surface area contributed by atoms with Crippen molar-refractivity contribution >= 4 is 23.0 Å². The second-order valence-electron chi connectivity index (χ2n) is 6.28. The summed E-state index contributed by atoms with van der Waals surface area (Å²) < 4.78 is 5.30. The summed E-state index contributed by atoms with van der Waals surface area (Å²) in [6, 6.07) is 12.0. The van der Waals surface area contributed by atoms with Crippen molar-refractivity contribution in [3.05, 3.63) is 47.5 Å². The van der Waals surface area contributed by atoms with Crippen molar-refractivity contribution < 1.29 is 9.53 Å². The number of carbonyl (C=O) groups is 1. The molecule has 0 heterocycles. The number of carbonyl (C=O) groups excluding carboxylic acids is 1. The number of aryl methyl sites for hydroxylation is 2. The number of hydrogen-bond acceptors (Lipinski definition) is 4. The lowest BCUT2D eigenvalue weighted by atomic mass is 10.1. The van der Waals surface area contributed by atoms with Crippen LogP contribution in [0.4, 0.5) is 17.1 Å². The van der Waals surface area contributed by atoms with Crippen molar-refractivity contribution in [2.24, 2.45) is 0 Å². The van der Waals surface area contributed by atoms with E-state index in [0.717, 1.165) is 29.9 Å². The molecule has 140 valence electrons. The van der Waals surface area contributed by atoms with Crippen LogP contribution >= 0.6 is 0 Å². The third kappa shape index (κ3) is 4.91. The maximum Gasteiger partial charge on any atom is 0.243 e. The molecule has 5 heteroatoms. The second kappa shape index (κ2) is 9.13. The van der Waals surface area contributed by atoms with Gasteiger partial charge in [0, 0.05) is 24.5 Å². The molecule has 2 rings (SSSR count). The van der Waals surface area contributed by atoms with E-state index in [9.17, 15) is 4.79 Å². The molecule has 2 aromatic carbocycles. The van der Waals surface area contributed by atoms with E-state index < -0.39 is 0 Å². The minimum atomic E-state index is -0.110. The molecular formula is C21H29N3O2. The maximum atomic E-state index is 12.3. The number of hydrogen-bond donors (Lipinski definition) is 2. The van der Waals surface area contributed by atoms with Gasteiger partial charge in [0.25, 0.3) is 0 Å². The fourth-order valence-electron chi connectivity index (χ4n) is 2.92. The first-order valence-corrected chi connectivity index (χ1v) is 9.02. The van der Waals surface area contributed by atoms with Crippen LogP contribution in [0.25, 0.3) is 0 Å². The zero-order valence-corrected chi connectivity index (χ0v) is 16.3. The van der Waals surface area contributed by atoms with Gasteiger partial charge in [-0.05, 0) is 69.2 Å². The van der Waals surface area contributed by atoms with Crippen molar-refractivity contribution in [3.63, 3.8) is 0 Å². The summed E-state index contributed by atoms with van der Waals surface area (Å²) in [7, 11) is 1.60. The number of rotatable bonds is 8. The number of amides is 1. The molecule has 0 spiro atoms. The van der Waals surface area contributed by atoms with Crippen molar-refractivity contribution in [2.45, 2.75) is 27.7 Å². The molecule has 0 saturated heterocycles. The first kappa shape index (κ1) is 19.6. The topological polar surface area (TPSA) is 53.6 Å². The number of anilines is 3. The molecule has 0 aliphatic carbocycles. The quantitative estimate of drug-likeness (QED) is 0.745. The molecule has 0 aliphatic heterocycles. The van der Waals surface area contributed by atoms with E-state index in [2.05, 4.69) is 48.4 Å². The minimum Gasteiger partial charge on any atom is -0.495 e. The van der Waals surface area contributed by atoms with Gasteiger partial charge in [-0.2, -0.15) is 0 Å². The number of nitrogens with zero attached hydrogens (tertiary/aromatic N) is 1.